The van der Waals surface area contributed by atoms with Gasteiger partial charge in [0.2, 0.25) is 10.0 Å². The van der Waals surface area contributed by atoms with Gasteiger partial charge < -0.3 is 5.11 Å². The molecule has 0 heterocycles. The molecule has 1 aromatic carbocycles. The number of sulfonamides is 1. The average molecular weight is 315 g/mol. The van der Waals surface area contributed by atoms with Crippen LogP contribution in [0.15, 0.2) is 23.1 Å². The Labute approximate surface area is 113 Å². The third-order valence-electron chi connectivity index (χ3n) is 2.41. The van der Waals surface area contributed by atoms with E-state index in [4.69, 9.17) is 5.11 Å². The van der Waals surface area contributed by atoms with Gasteiger partial charge in [-0.15, -0.1) is 0 Å². The second-order valence-electron chi connectivity index (χ2n) is 4.17. The maximum Gasteiger partial charge on any atom is 0.419 e. The van der Waals surface area contributed by atoms with E-state index in [9.17, 15) is 26.0 Å². The molecule has 0 saturated heterocycles. The Morgan fingerprint density at radius 2 is 1.95 bits per heavy atom. The molecule has 0 aromatic heterocycles. The Morgan fingerprint density at radius 1 is 1.35 bits per heavy atom. The minimum atomic E-state index is -4.98. The normalized spacial score (nSPS) is 14.3. The lowest BCUT2D eigenvalue weighted by atomic mass is 10.2. The van der Waals surface area contributed by atoms with E-state index in [1.165, 1.54) is 6.92 Å². The Bertz CT molecular complexity index is 570. The number of aliphatic hydroxyl groups excluding tert-OH is 1. The van der Waals surface area contributed by atoms with Gasteiger partial charge in [-0.3, -0.25) is 0 Å². The van der Waals surface area contributed by atoms with Crippen molar-refractivity contribution in [2.24, 2.45) is 0 Å². The van der Waals surface area contributed by atoms with Crippen molar-refractivity contribution in [1.29, 1.82) is 0 Å². The zero-order valence-electron chi connectivity index (χ0n) is 10.4. The molecule has 0 aliphatic rings. The minimum Gasteiger partial charge on any atom is -0.393 e. The summed E-state index contributed by atoms with van der Waals surface area (Å²) in [6.07, 6.45) is -5.63. The molecule has 0 spiro atoms. The van der Waals surface area contributed by atoms with Gasteiger partial charge in [0.15, 0.2) is 0 Å². The van der Waals surface area contributed by atoms with Crippen molar-refractivity contribution in [2.45, 2.75) is 30.5 Å². The van der Waals surface area contributed by atoms with Crippen LogP contribution in [0.2, 0.25) is 0 Å². The van der Waals surface area contributed by atoms with Crippen LogP contribution in [0, 0.1) is 5.82 Å². The summed E-state index contributed by atoms with van der Waals surface area (Å²) in [4.78, 5) is -0.684. The average Bonchev–Trinajstić information content (AvgIpc) is 2.26. The molecule has 0 radical (unpaired) electrons. The van der Waals surface area contributed by atoms with Gasteiger partial charge in [0.05, 0.1) is 16.6 Å². The quantitative estimate of drug-likeness (QED) is 0.816. The lowest BCUT2D eigenvalue weighted by Gasteiger charge is -2.11. The molecule has 1 rings (SSSR count). The summed E-state index contributed by atoms with van der Waals surface area (Å²) in [5.41, 5.74) is -1.64. The first-order valence-electron chi connectivity index (χ1n) is 5.58. The van der Waals surface area contributed by atoms with Crippen LogP contribution in [0.4, 0.5) is 17.6 Å². The molecular formula is C11H13F4NO3S. The SMILES string of the molecule is CC(O)CCNS(=O)(=O)c1ccc(F)c(C(F)(F)F)c1. The molecule has 0 amide bonds. The van der Waals surface area contributed by atoms with Crippen molar-refractivity contribution in [3.8, 4) is 0 Å². The molecular weight excluding hydrogens is 302 g/mol. The van der Waals surface area contributed by atoms with Gasteiger partial charge in [0.25, 0.3) is 0 Å². The molecule has 4 nitrogen and oxygen atoms in total. The summed E-state index contributed by atoms with van der Waals surface area (Å²) >= 11 is 0. The molecule has 2 N–H and O–H groups in total. The highest BCUT2D eigenvalue weighted by Gasteiger charge is 2.35. The standard InChI is InChI=1S/C11H13F4NO3S/c1-7(17)4-5-16-20(18,19)8-2-3-10(12)9(6-8)11(13,14)15/h2-3,6-7,16-17H,4-5H2,1H3. The molecule has 1 aromatic rings. The van der Waals surface area contributed by atoms with E-state index in [0.29, 0.717) is 6.07 Å². The molecule has 20 heavy (non-hydrogen) atoms. The van der Waals surface area contributed by atoms with E-state index < -0.39 is 38.6 Å². The summed E-state index contributed by atoms with van der Waals surface area (Å²) < 4.78 is 76.0. The van der Waals surface area contributed by atoms with Crippen LogP contribution >= 0.6 is 0 Å². The van der Waals surface area contributed by atoms with Crippen molar-refractivity contribution in [3.05, 3.63) is 29.6 Å². The highest BCUT2D eigenvalue weighted by atomic mass is 32.2. The van der Waals surface area contributed by atoms with Crippen LogP contribution in [-0.4, -0.2) is 26.2 Å². The van der Waals surface area contributed by atoms with Crippen LogP contribution < -0.4 is 4.72 Å². The second kappa shape index (κ2) is 6.06. The Hall–Kier alpha value is -1.19. The molecule has 0 fully saturated rings. The highest BCUT2D eigenvalue weighted by Crippen LogP contribution is 2.32. The van der Waals surface area contributed by atoms with Crippen LogP contribution in [0.25, 0.3) is 0 Å². The van der Waals surface area contributed by atoms with E-state index >= 15 is 0 Å². The van der Waals surface area contributed by atoms with E-state index in [1.54, 1.807) is 0 Å². The van der Waals surface area contributed by atoms with E-state index in [2.05, 4.69) is 0 Å². The van der Waals surface area contributed by atoms with Gasteiger partial charge in [-0.2, -0.15) is 13.2 Å². The van der Waals surface area contributed by atoms with E-state index in [0.717, 1.165) is 6.07 Å². The van der Waals surface area contributed by atoms with Crippen molar-refractivity contribution >= 4 is 10.0 Å². The third kappa shape index (κ3) is 4.43. The summed E-state index contributed by atoms with van der Waals surface area (Å²) in [7, 11) is -4.18. The number of nitrogens with one attached hydrogen (secondary N) is 1. The topological polar surface area (TPSA) is 66.4 Å². The first kappa shape index (κ1) is 16.9. The maximum atomic E-state index is 13.0. The zero-order chi connectivity index (χ0) is 15.6. The van der Waals surface area contributed by atoms with Gasteiger partial charge in [0, 0.05) is 6.54 Å². The van der Waals surface area contributed by atoms with Crippen LogP contribution in [0.3, 0.4) is 0 Å². The first-order valence-corrected chi connectivity index (χ1v) is 7.07. The lowest BCUT2D eigenvalue weighted by molar-refractivity contribution is -0.140. The smallest absolute Gasteiger partial charge is 0.393 e. The number of benzene rings is 1. The summed E-state index contributed by atoms with van der Waals surface area (Å²) in [6, 6.07) is 1.43. The third-order valence-corrected chi connectivity index (χ3v) is 3.87. The van der Waals surface area contributed by atoms with Gasteiger partial charge >= 0.3 is 6.18 Å². The van der Waals surface area contributed by atoms with Gasteiger partial charge in [-0.05, 0) is 31.5 Å². The Balaban J connectivity index is 3.02. The lowest BCUT2D eigenvalue weighted by Crippen LogP contribution is -2.27. The maximum absolute atomic E-state index is 13.0. The molecule has 9 heteroatoms. The number of aliphatic hydroxyl groups is 1. The number of halogens is 4. The van der Waals surface area contributed by atoms with Crippen molar-refractivity contribution in [1.82, 2.24) is 4.72 Å². The van der Waals surface area contributed by atoms with Crippen LogP contribution in [0.5, 0.6) is 0 Å². The van der Waals surface area contributed by atoms with Crippen molar-refractivity contribution in [2.75, 3.05) is 6.54 Å². The Morgan fingerprint density at radius 3 is 2.45 bits per heavy atom. The molecule has 0 aliphatic carbocycles. The van der Waals surface area contributed by atoms with Crippen LogP contribution in [-0.2, 0) is 16.2 Å². The number of rotatable bonds is 5. The summed E-state index contributed by atoms with van der Waals surface area (Å²) in [6.45, 7) is 1.30. The largest absolute Gasteiger partial charge is 0.419 e. The highest BCUT2D eigenvalue weighted by molar-refractivity contribution is 7.89. The van der Waals surface area contributed by atoms with E-state index in [1.807, 2.05) is 4.72 Å². The zero-order valence-corrected chi connectivity index (χ0v) is 11.2. The van der Waals surface area contributed by atoms with Crippen molar-refractivity contribution < 1.29 is 31.1 Å². The predicted molar refractivity (Wildman–Crippen MR) is 62.9 cm³/mol. The molecule has 0 aliphatic heterocycles. The number of hydrogen-bond acceptors (Lipinski definition) is 3. The van der Waals surface area contributed by atoms with E-state index in [-0.39, 0.29) is 19.0 Å². The fourth-order valence-electron chi connectivity index (χ4n) is 1.37. The summed E-state index contributed by atoms with van der Waals surface area (Å²) in [5, 5.41) is 8.97. The second-order valence-corrected chi connectivity index (χ2v) is 5.94. The van der Waals surface area contributed by atoms with Crippen LogP contribution in [0.1, 0.15) is 18.9 Å². The summed E-state index contributed by atoms with van der Waals surface area (Å²) in [5.74, 6) is -1.54. The van der Waals surface area contributed by atoms with Gasteiger partial charge in [-0.1, -0.05) is 0 Å². The minimum absolute atomic E-state index is 0.104. The Kier molecular flexibility index (Phi) is 5.11. The fraction of sp³-hybridized carbons (Fsp3) is 0.455. The molecule has 0 bridgehead atoms. The molecule has 1 unspecified atom stereocenters. The molecule has 114 valence electrons. The monoisotopic (exact) mass is 315 g/mol. The predicted octanol–water partition coefficient (Wildman–Crippen LogP) is 1.89. The molecule has 0 saturated carbocycles. The fourth-order valence-corrected chi connectivity index (χ4v) is 2.45. The van der Waals surface area contributed by atoms with Gasteiger partial charge in [-0.25, -0.2) is 17.5 Å². The van der Waals surface area contributed by atoms with Gasteiger partial charge in [0.1, 0.15) is 5.82 Å². The first-order chi connectivity index (χ1) is 9.04. The molecule has 1 atom stereocenters. The number of hydrogen-bond donors (Lipinski definition) is 2. The van der Waals surface area contributed by atoms with Crippen molar-refractivity contribution in [3.63, 3.8) is 0 Å². The number of alkyl halides is 3.